The van der Waals surface area contributed by atoms with E-state index in [2.05, 4.69) is 10.0 Å². The average Bonchev–Trinajstić information content (AvgIpc) is 3.17. The predicted octanol–water partition coefficient (Wildman–Crippen LogP) is 3.34. The zero-order valence-electron chi connectivity index (χ0n) is 13.8. The Morgan fingerprint density at radius 3 is 2.42 bits per heavy atom. The number of hydrogen-bond donors (Lipinski definition) is 2. The molecule has 3 rings (SSSR count). The Bertz CT molecular complexity index is 996. The Kier molecular flexibility index (Phi) is 4.94. The fourth-order valence-corrected chi connectivity index (χ4v) is 3.27. The minimum Gasteiger partial charge on any atom is -0.497 e. The van der Waals surface area contributed by atoms with Gasteiger partial charge < -0.3 is 14.5 Å². The number of furan rings is 1. The van der Waals surface area contributed by atoms with E-state index in [1.54, 1.807) is 30.3 Å². The van der Waals surface area contributed by atoms with E-state index in [-0.39, 0.29) is 10.7 Å². The molecule has 1 aromatic heterocycles. The molecular formula is C18H16N2O5S. The van der Waals surface area contributed by atoms with Crippen LogP contribution in [-0.4, -0.2) is 21.4 Å². The summed E-state index contributed by atoms with van der Waals surface area (Å²) < 4.78 is 37.5. The van der Waals surface area contributed by atoms with Crippen molar-refractivity contribution in [1.29, 1.82) is 0 Å². The summed E-state index contributed by atoms with van der Waals surface area (Å²) in [7, 11) is -2.26. The van der Waals surface area contributed by atoms with Crippen LogP contribution in [0.1, 0.15) is 10.6 Å². The van der Waals surface area contributed by atoms with Crippen LogP contribution >= 0.6 is 0 Å². The summed E-state index contributed by atoms with van der Waals surface area (Å²) in [5.74, 6) is 0.294. The maximum absolute atomic E-state index is 12.5. The Hall–Kier alpha value is -3.26. The number of amides is 1. The summed E-state index contributed by atoms with van der Waals surface area (Å²) in [6.07, 6.45) is 1.40. The van der Waals surface area contributed by atoms with Crippen molar-refractivity contribution < 1.29 is 22.4 Å². The molecule has 7 nitrogen and oxygen atoms in total. The minimum atomic E-state index is -3.76. The van der Waals surface area contributed by atoms with E-state index < -0.39 is 15.9 Å². The van der Waals surface area contributed by atoms with Gasteiger partial charge in [0.15, 0.2) is 5.76 Å². The molecule has 0 saturated heterocycles. The van der Waals surface area contributed by atoms with Gasteiger partial charge in [0.25, 0.3) is 15.9 Å². The van der Waals surface area contributed by atoms with Crippen molar-refractivity contribution in [2.45, 2.75) is 4.90 Å². The lowest BCUT2D eigenvalue weighted by Crippen LogP contribution is -2.14. The third-order valence-corrected chi connectivity index (χ3v) is 4.89. The van der Waals surface area contributed by atoms with Gasteiger partial charge >= 0.3 is 0 Å². The van der Waals surface area contributed by atoms with Gasteiger partial charge in [-0.25, -0.2) is 8.42 Å². The lowest BCUT2D eigenvalue weighted by atomic mass is 10.3. The number of sulfonamides is 1. The zero-order valence-corrected chi connectivity index (χ0v) is 14.6. The first kappa shape index (κ1) is 17.6. The third kappa shape index (κ3) is 4.04. The van der Waals surface area contributed by atoms with Crippen LogP contribution in [0.25, 0.3) is 0 Å². The molecule has 2 N–H and O–H groups in total. The Morgan fingerprint density at radius 1 is 1.00 bits per heavy atom. The fourth-order valence-electron chi connectivity index (χ4n) is 2.22. The van der Waals surface area contributed by atoms with E-state index in [0.717, 1.165) is 0 Å². The Morgan fingerprint density at radius 2 is 1.77 bits per heavy atom. The second-order valence-corrected chi connectivity index (χ2v) is 6.98. The lowest BCUT2D eigenvalue weighted by Gasteiger charge is -2.10. The molecule has 3 aromatic rings. The summed E-state index contributed by atoms with van der Waals surface area (Å²) in [5.41, 5.74) is 0.839. The lowest BCUT2D eigenvalue weighted by molar-refractivity contribution is 0.0996. The number of methoxy groups -OCH3 is 1. The first-order chi connectivity index (χ1) is 12.5. The molecule has 26 heavy (non-hydrogen) atoms. The molecule has 0 aliphatic rings. The molecule has 0 bridgehead atoms. The van der Waals surface area contributed by atoms with Crippen molar-refractivity contribution in [2.75, 3.05) is 17.1 Å². The molecule has 2 aromatic carbocycles. The van der Waals surface area contributed by atoms with Gasteiger partial charge in [0, 0.05) is 11.8 Å². The molecule has 0 unspecified atom stereocenters. The van der Waals surface area contributed by atoms with E-state index in [9.17, 15) is 13.2 Å². The highest BCUT2D eigenvalue weighted by atomic mass is 32.2. The maximum atomic E-state index is 12.5. The smallest absolute Gasteiger partial charge is 0.291 e. The standard InChI is InChI=1S/C18H16N2O5S/c1-24-15-5-2-4-14(12-15)20-26(22,23)16-9-7-13(8-10-16)19-18(21)17-6-3-11-25-17/h2-12,20H,1H3,(H,19,21). The van der Waals surface area contributed by atoms with Crippen LogP contribution in [0.2, 0.25) is 0 Å². The van der Waals surface area contributed by atoms with Crippen molar-refractivity contribution in [3.05, 3.63) is 72.7 Å². The Balaban J connectivity index is 1.73. The molecule has 0 fully saturated rings. The van der Waals surface area contributed by atoms with Gasteiger partial charge in [0.05, 0.1) is 24.0 Å². The molecule has 0 aliphatic heterocycles. The summed E-state index contributed by atoms with van der Waals surface area (Å²) >= 11 is 0. The second kappa shape index (κ2) is 7.32. The molecule has 0 aliphatic carbocycles. The van der Waals surface area contributed by atoms with Crippen LogP contribution in [0.3, 0.4) is 0 Å². The molecule has 0 spiro atoms. The van der Waals surface area contributed by atoms with Crippen molar-refractivity contribution in [1.82, 2.24) is 0 Å². The highest BCUT2D eigenvalue weighted by Gasteiger charge is 2.15. The highest BCUT2D eigenvalue weighted by molar-refractivity contribution is 7.92. The van der Waals surface area contributed by atoms with Crippen LogP contribution < -0.4 is 14.8 Å². The molecule has 1 heterocycles. The molecular weight excluding hydrogens is 356 g/mol. The zero-order chi connectivity index (χ0) is 18.6. The molecule has 0 atom stereocenters. The largest absolute Gasteiger partial charge is 0.497 e. The van der Waals surface area contributed by atoms with Crippen molar-refractivity contribution >= 4 is 27.3 Å². The van der Waals surface area contributed by atoms with Crippen molar-refractivity contribution in [3.63, 3.8) is 0 Å². The topological polar surface area (TPSA) is 97.6 Å². The van der Waals surface area contributed by atoms with Crippen LogP contribution in [0, 0.1) is 0 Å². The van der Waals surface area contributed by atoms with E-state index in [1.165, 1.54) is 43.7 Å². The molecule has 8 heteroatoms. The van der Waals surface area contributed by atoms with E-state index in [1.807, 2.05) is 0 Å². The first-order valence-corrected chi connectivity index (χ1v) is 9.08. The fraction of sp³-hybridized carbons (Fsp3) is 0.0556. The van der Waals surface area contributed by atoms with Gasteiger partial charge in [-0.2, -0.15) is 0 Å². The monoisotopic (exact) mass is 372 g/mol. The van der Waals surface area contributed by atoms with Gasteiger partial charge in [-0.15, -0.1) is 0 Å². The molecule has 134 valence electrons. The first-order valence-electron chi connectivity index (χ1n) is 7.60. The number of ether oxygens (including phenoxy) is 1. The van der Waals surface area contributed by atoms with E-state index >= 15 is 0 Å². The quantitative estimate of drug-likeness (QED) is 0.692. The van der Waals surface area contributed by atoms with Crippen LogP contribution in [0.15, 0.2) is 76.2 Å². The van der Waals surface area contributed by atoms with E-state index in [4.69, 9.17) is 9.15 Å². The number of nitrogens with one attached hydrogen (secondary N) is 2. The van der Waals surface area contributed by atoms with Crippen molar-refractivity contribution in [3.8, 4) is 5.75 Å². The normalized spacial score (nSPS) is 11.0. The number of carbonyl (C=O) groups excluding carboxylic acids is 1. The molecule has 0 saturated carbocycles. The van der Waals surface area contributed by atoms with Gasteiger partial charge in [0.1, 0.15) is 5.75 Å². The summed E-state index contributed by atoms with van der Waals surface area (Å²) in [4.78, 5) is 12.0. The molecule has 1 amide bonds. The van der Waals surface area contributed by atoms with Gasteiger partial charge in [-0.1, -0.05) is 6.07 Å². The number of hydrogen-bond acceptors (Lipinski definition) is 5. The number of carbonyl (C=O) groups is 1. The van der Waals surface area contributed by atoms with Gasteiger partial charge in [0.2, 0.25) is 0 Å². The van der Waals surface area contributed by atoms with Gasteiger partial charge in [-0.05, 0) is 48.5 Å². The summed E-state index contributed by atoms with van der Waals surface area (Å²) in [6, 6.07) is 15.6. The van der Waals surface area contributed by atoms with Crippen LogP contribution in [0.5, 0.6) is 5.75 Å². The second-order valence-electron chi connectivity index (χ2n) is 5.29. The minimum absolute atomic E-state index is 0.0660. The number of rotatable bonds is 6. The predicted molar refractivity (Wildman–Crippen MR) is 96.9 cm³/mol. The number of anilines is 2. The SMILES string of the molecule is COc1cccc(NS(=O)(=O)c2ccc(NC(=O)c3ccco3)cc2)c1. The van der Waals surface area contributed by atoms with Crippen LogP contribution in [-0.2, 0) is 10.0 Å². The third-order valence-electron chi connectivity index (χ3n) is 3.49. The maximum Gasteiger partial charge on any atom is 0.291 e. The molecule has 0 radical (unpaired) electrons. The number of benzene rings is 2. The summed E-state index contributed by atoms with van der Waals surface area (Å²) in [5, 5.41) is 2.62. The Labute approximate surface area is 150 Å². The highest BCUT2D eigenvalue weighted by Crippen LogP contribution is 2.21. The van der Waals surface area contributed by atoms with Crippen molar-refractivity contribution in [2.24, 2.45) is 0 Å². The van der Waals surface area contributed by atoms with Gasteiger partial charge in [-0.3, -0.25) is 9.52 Å². The summed E-state index contributed by atoms with van der Waals surface area (Å²) in [6.45, 7) is 0. The average molecular weight is 372 g/mol. The van der Waals surface area contributed by atoms with Crippen LogP contribution in [0.4, 0.5) is 11.4 Å². The van der Waals surface area contributed by atoms with E-state index in [0.29, 0.717) is 17.1 Å².